The van der Waals surface area contributed by atoms with Crippen LogP contribution in [0.4, 0.5) is 5.95 Å². The maximum Gasteiger partial charge on any atom is 0.203 e. The normalized spacial score (nSPS) is 26.1. The van der Waals surface area contributed by atoms with Crippen LogP contribution < -0.4 is 5.32 Å². The molecule has 0 radical (unpaired) electrons. The van der Waals surface area contributed by atoms with Crippen molar-refractivity contribution in [2.24, 2.45) is 0 Å². The summed E-state index contributed by atoms with van der Waals surface area (Å²) in [5.41, 5.74) is 0. The maximum atomic E-state index is 5.60. The van der Waals surface area contributed by atoms with Crippen LogP contribution in [0.5, 0.6) is 0 Å². The van der Waals surface area contributed by atoms with Crippen LogP contribution in [-0.4, -0.2) is 42.0 Å². The first-order chi connectivity index (χ1) is 8.22. The number of hydrogen-bond acceptors (Lipinski definition) is 4. The van der Waals surface area contributed by atoms with E-state index in [9.17, 15) is 0 Å². The van der Waals surface area contributed by atoms with Gasteiger partial charge in [0.2, 0.25) is 5.95 Å². The van der Waals surface area contributed by atoms with Crippen molar-refractivity contribution in [3.63, 3.8) is 0 Å². The van der Waals surface area contributed by atoms with E-state index in [1.807, 2.05) is 12.4 Å². The van der Waals surface area contributed by atoms with Crippen molar-refractivity contribution in [2.75, 3.05) is 25.6 Å². The van der Waals surface area contributed by atoms with Crippen molar-refractivity contribution in [1.82, 2.24) is 9.55 Å². The predicted octanol–water partition coefficient (Wildman–Crippen LogP) is 1.68. The fourth-order valence-electron chi connectivity index (χ4n) is 2.29. The monoisotopic (exact) mass is 239 g/mol. The highest BCUT2D eigenvalue weighted by Crippen LogP contribution is 2.28. The molecule has 1 saturated heterocycles. The first kappa shape index (κ1) is 12.4. The van der Waals surface area contributed by atoms with E-state index in [0.717, 1.165) is 19.0 Å². The molecule has 5 nitrogen and oxygen atoms in total. The Kier molecular flexibility index (Phi) is 4.02. The number of hydrogen-bond donors (Lipinski definition) is 1. The Hall–Kier alpha value is -1.07. The van der Waals surface area contributed by atoms with Crippen LogP contribution in [0, 0.1) is 0 Å². The molecule has 3 atom stereocenters. The molecule has 0 saturated carbocycles. The third-order valence-electron chi connectivity index (χ3n) is 3.15. The van der Waals surface area contributed by atoms with E-state index in [-0.39, 0.29) is 12.1 Å². The van der Waals surface area contributed by atoms with Gasteiger partial charge in [0.05, 0.1) is 18.8 Å². The average molecular weight is 239 g/mol. The molecule has 2 rings (SSSR count). The van der Waals surface area contributed by atoms with Gasteiger partial charge in [-0.05, 0) is 20.3 Å². The minimum atomic E-state index is 0.249. The first-order valence-corrected chi connectivity index (χ1v) is 6.12. The standard InChI is InChI=1S/C12H21N3O2/c1-9(8-16-3)14-12-13-5-6-15(12)11-4-7-17-10(11)2/h5-6,9-11H,4,7-8H2,1-3H3,(H,13,14). The first-order valence-electron chi connectivity index (χ1n) is 6.12. The molecule has 0 spiro atoms. The van der Waals surface area contributed by atoms with E-state index in [4.69, 9.17) is 9.47 Å². The molecule has 17 heavy (non-hydrogen) atoms. The fourth-order valence-corrected chi connectivity index (χ4v) is 2.29. The van der Waals surface area contributed by atoms with Gasteiger partial charge in [-0.2, -0.15) is 0 Å². The lowest BCUT2D eigenvalue weighted by atomic mass is 10.1. The van der Waals surface area contributed by atoms with Gasteiger partial charge in [-0.1, -0.05) is 0 Å². The van der Waals surface area contributed by atoms with Crippen LogP contribution in [0.2, 0.25) is 0 Å². The van der Waals surface area contributed by atoms with Gasteiger partial charge in [0.25, 0.3) is 0 Å². The Labute approximate surface area is 102 Å². The van der Waals surface area contributed by atoms with Crippen LogP contribution in [0.15, 0.2) is 12.4 Å². The molecule has 5 heteroatoms. The van der Waals surface area contributed by atoms with E-state index in [1.165, 1.54) is 0 Å². The predicted molar refractivity (Wildman–Crippen MR) is 66.3 cm³/mol. The highest BCUT2D eigenvalue weighted by Gasteiger charge is 2.27. The topological polar surface area (TPSA) is 48.3 Å². The molecular formula is C12H21N3O2. The lowest BCUT2D eigenvalue weighted by Gasteiger charge is -2.21. The Bertz CT molecular complexity index is 353. The van der Waals surface area contributed by atoms with Crippen molar-refractivity contribution in [2.45, 2.75) is 38.5 Å². The molecule has 1 aliphatic rings. The quantitative estimate of drug-likeness (QED) is 0.849. The van der Waals surface area contributed by atoms with Crippen molar-refractivity contribution < 1.29 is 9.47 Å². The summed E-state index contributed by atoms with van der Waals surface area (Å²) in [4.78, 5) is 4.36. The third kappa shape index (κ3) is 2.79. The Morgan fingerprint density at radius 1 is 1.71 bits per heavy atom. The number of aromatic nitrogens is 2. The summed E-state index contributed by atoms with van der Waals surface area (Å²) in [6.45, 7) is 5.69. The number of imidazole rings is 1. The minimum absolute atomic E-state index is 0.249. The van der Waals surface area contributed by atoms with Crippen LogP contribution in [-0.2, 0) is 9.47 Å². The van der Waals surface area contributed by atoms with E-state index >= 15 is 0 Å². The molecule has 0 aliphatic carbocycles. The Morgan fingerprint density at radius 3 is 3.18 bits per heavy atom. The highest BCUT2D eigenvalue weighted by atomic mass is 16.5. The fraction of sp³-hybridized carbons (Fsp3) is 0.750. The molecule has 96 valence electrons. The Balaban J connectivity index is 2.06. The zero-order valence-electron chi connectivity index (χ0n) is 10.7. The number of nitrogens with one attached hydrogen (secondary N) is 1. The average Bonchev–Trinajstić information content (AvgIpc) is 2.87. The lowest BCUT2D eigenvalue weighted by Crippen LogP contribution is -2.25. The molecule has 0 aromatic carbocycles. The second kappa shape index (κ2) is 5.51. The maximum absolute atomic E-state index is 5.60. The SMILES string of the molecule is COCC(C)Nc1nccn1C1CCOC1C. The van der Waals surface area contributed by atoms with Gasteiger partial charge >= 0.3 is 0 Å². The molecule has 1 aromatic rings. The molecule has 1 aliphatic heterocycles. The van der Waals surface area contributed by atoms with Gasteiger partial charge in [-0.15, -0.1) is 0 Å². The van der Waals surface area contributed by atoms with E-state index in [1.54, 1.807) is 7.11 Å². The number of methoxy groups -OCH3 is 1. The molecule has 1 aromatic heterocycles. The van der Waals surface area contributed by atoms with E-state index in [2.05, 4.69) is 28.7 Å². The van der Waals surface area contributed by atoms with Crippen molar-refractivity contribution in [3.8, 4) is 0 Å². The molecule has 0 amide bonds. The summed E-state index contributed by atoms with van der Waals surface area (Å²) in [5, 5.41) is 3.36. The second-order valence-electron chi connectivity index (χ2n) is 4.59. The van der Waals surface area contributed by atoms with E-state index < -0.39 is 0 Å². The van der Waals surface area contributed by atoms with Gasteiger partial charge in [-0.25, -0.2) is 4.98 Å². The molecule has 2 heterocycles. The second-order valence-corrected chi connectivity index (χ2v) is 4.59. The molecule has 1 N–H and O–H groups in total. The number of anilines is 1. The highest BCUT2D eigenvalue weighted by molar-refractivity contribution is 5.28. The van der Waals surface area contributed by atoms with Crippen molar-refractivity contribution >= 4 is 5.95 Å². The minimum Gasteiger partial charge on any atom is -0.383 e. The summed E-state index contributed by atoms with van der Waals surface area (Å²) in [6, 6.07) is 0.633. The molecular weight excluding hydrogens is 218 g/mol. The van der Waals surface area contributed by atoms with Crippen LogP contribution in [0.1, 0.15) is 26.3 Å². The van der Waals surface area contributed by atoms with Gasteiger partial charge in [0.1, 0.15) is 0 Å². The van der Waals surface area contributed by atoms with Gasteiger partial charge < -0.3 is 19.4 Å². The summed E-state index contributed by atoms with van der Waals surface area (Å²) >= 11 is 0. The van der Waals surface area contributed by atoms with Gasteiger partial charge in [0, 0.05) is 32.2 Å². The van der Waals surface area contributed by atoms with E-state index in [0.29, 0.717) is 12.6 Å². The third-order valence-corrected chi connectivity index (χ3v) is 3.15. The lowest BCUT2D eigenvalue weighted by molar-refractivity contribution is 0.108. The number of nitrogens with zero attached hydrogens (tertiary/aromatic N) is 2. The summed E-state index contributed by atoms with van der Waals surface area (Å²) < 4.78 is 12.9. The molecule has 0 bridgehead atoms. The molecule has 3 unspecified atom stereocenters. The van der Waals surface area contributed by atoms with Crippen LogP contribution in [0.3, 0.4) is 0 Å². The summed E-state index contributed by atoms with van der Waals surface area (Å²) in [6.07, 6.45) is 5.14. The van der Waals surface area contributed by atoms with Gasteiger partial charge in [-0.3, -0.25) is 0 Å². The number of rotatable bonds is 5. The zero-order chi connectivity index (χ0) is 12.3. The number of ether oxygens (including phenoxy) is 2. The van der Waals surface area contributed by atoms with Crippen LogP contribution in [0.25, 0.3) is 0 Å². The zero-order valence-corrected chi connectivity index (χ0v) is 10.7. The van der Waals surface area contributed by atoms with Crippen molar-refractivity contribution in [1.29, 1.82) is 0 Å². The molecule has 1 fully saturated rings. The van der Waals surface area contributed by atoms with Gasteiger partial charge in [0.15, 0.2) is 0 Å². The summed E-state index contributed by atoms with van der Waals surface area (Å²) in [5.74, 6) is 0.900. The van der Waals surface area contributed by atoms with Crippen LogP contribution >= 0.6 is 0 Å². The van der Waals surface area contributed by atoms with Crippen molar-refractivity contribution in [3.05, 3.63) is 12.4 Å². The summed E-state index contributed by atoms with van der Waals surface area (Å²) in [7, 11) is 1.71. The largest absolute Gasteiger partial charge is 0.383 e. The smallest absolute Gasteiger partial charge is 0.203 e. The Morgan fingerprint density at radius 2 is 2.53 bits per heavy atom.